The minimum absolute atomic E-state index is 0.00683. The number of carbonyl (C=O) groups excluding carboxylic acids is 3. The van der Waals surface area contributed by atoms with Crippen LogP contribution in [-0.2, 0) is 14.3 Å². The van der Waals surface area contributed by atoms with Crippen LogP contribution >= 0.6 is 23.1 Å². The number of thioether (sulfide) groups is 1. The third-order valence-electron chi connectivity index (χ3n) is 9.96. The predicted octanol–water partition coefficient (Wildman–Crippen LogP) is 5.70. The molecule has 3 fully saturated rings. The zero-order chi connectivity index (χ0) is 27.8. The molecule has 4 aliphatic carbocycles. The number of ketones is 1. The highest BCUT2D eigenvalue weighted by Gasteiger charge is 2.78. The average Bonchev–Trinajstić information content (AvgIpc) is 3.37. The van der Waals surface area contributed by atoms with Crippen LogP contribution in [0.5, 0.6) is 0 Å². The molecular formula is C28H31F3O5S2. The number of rotatable bonds is 4. The Bertz CT molecular complexity index is 1260. The van der Waals surface area contributed by atoms with Crippen LogP contribution < -0.4 is 0 Å². The van der Waals surface area contributed by atoms with E-state index in [4.69, 9.17) is 4.74 Å². The van der Waals surface area contributed by atoms with Crippen molar-refractivity contribution in [2.75, 3.05) is 6.01 Å². The molecule has 0 aliphatic heterocycles. The van der Waals surface area contributed by atoms with E-state index in [0.717, 1.165) is 17.4 Å². The quantitative estimate of drug-likeness (QED) is 0.469. The standard InChI is InChI=1S/C28H31F3O5S2/c1-14-6-8-37-22(14)23(34)36-28(24(35)38-13-29)15(2)9-17-18-11-20(30)19-10-16(32)5-7-25(19,3)27(18,31)21(33)12-26(17,28)4/h5-8,10,15,17-18,20-21,33H,9,11-13H2,1-4H3/t15?,17-,18-,20?,21?,25-,26-,27?,28?/m0/s1. The van der Waals surface area contributed by atoms with Crippen LogP contribution in [0.4, 0.5) is 13.2 Å². The molecule has 5 rings (SSSR count). The molecule has 0 spiro atoms. The summed E-state index contributed by atoms with van der Waals surface area (Å²) < 4.78 is 52.8. The van der Waals surface area contributed by atoms with Crippen LogP contribution in [0.2, 0.25) is 0 Å². The SMILES string of the molecule is Cc1ccsc1C(=O)OC1(C(=O)SCF)C(C)C[C@H]2[C@@H]3CC(F)C4=CC(=O)C=C[C@]4(C)C3(F)C(O)C[C@@]21C. The Morgan fingerprint density at radius 2 is 1.97 bits per heavy atom. The Morgan fingerprint density at radius 3 is 2.61 bits per heavy atom. The van der Waals surface area contributed by atoms with E-state index in [1.54, 1.807) is 32.2 Å². The minimum Gasteiger partial charge on any atom is -0.445 e. The molecule has 1 aromatic heterocycles. The molecule has 1 N–H and O–H groups in total. The van der Waals surface area contributed by atoms with Crippen molar-refractivity contribution in [1.29, 1.82) is 0 Å². The average molecular weight is 569 g/mol. The highest BCUT2D eigenvalue weighted by Crippen LogP contribution is 2.72. The van der Waals surface area contributed by atoms with Crippen LogP contribution in [0.15, 0.2) is 35.2 Å². The molecular weight excluding hydrogens is 537 g/mol. The summed E-state index contributed by atoms with van der Waals surface area (Å²) in [6, 6.07) is 0.703. The molecule has 0 bridgehead atoms. The van der Waals surface area contributed by atoms with Gasteiger partial charge in [0.05, 0.1) is 6.10 Å². The van der Waals surface area contributed by atoms with Gasteiger partial charge in [0.1, 0.15) is 17.1 Å². The lowest BCUT2D eigenvalue weighted by molar-refractivity contribution is -0.221. The number of halogens is 3. The third kappa shape index (κ3) is 3.38. The highest BCUT2D eigenvalue weighted by molar-refractivity contribution is 8.13. The molecule has 0 radical (unpaired) electrons. The van der Waals surface area contributed by atoms with Gasteiger partial charge < -0.3 is 9.84 Å². The van der Waals surface area contributed by atoms with E-state index in [-0.39, 0.29) is 24.8 Å². The second kappa shape index (κ2) is 9.06. The van der Waals surface area contributed by atoms with Gasteiger partial charge in [0.2, 0.25) is 5.12 Å². The molecule has 0 aromatic carbocycles. The second-order valence-corrected chi connectivity index (χ2v) is 13.4. The summed E-state index contributed by atoms with van der Waals surface area (Å²) in [4.78, 5) is 39.4. The molecule has 0 saturated heterocycles. The van der Waals surface area contributed by atoms with Crippen molar-refractivity contribution in [3.05, 3.63) is 45.7 Å². The van der Waals surface area contributed by atoms with Gasteiger partial charge in [-0.1, -0.05) is 19.9 Å². The maximum atomic E-state index is 17.4. The molecule has 5 nitrogen and oxygen atoms in total. The van der Waals surface area contributed by atoms with E-state index < -0.39 is 75.0 Å². The summed E-state index contributed by atoms with van der Waals surface area (Å²) in [5, 5.41) is 12.6. The molecule has 3 saturated carbocycles. The third-order valence-corrected chi connectivity index (χ3v) is 11.6. The summed E-state index contributed by atoms with van der Waals surface area (Å²) in [6.45, 7) is 6.63. The molecule has 10 heteroatoms. The molecule has 4 aliphatic rings. The van der Waals surface area contributed by atoms with Crippen LogP contribution in [0.3, 0.4) is 0 Å². The van der Waals surface area contributed by atoms with Crippen molar-refractivity contribution in [2.45, 2.75) is 70.5 Å². The van der Waals surface area contributed by atoms with E-state index in [0.29, 0.717) is 22.2 Å². The predicted molar refractivity (Wildman–Crippen MR) is 139 cm³/mol. The summed E-state index contributed by atoms with van der Waals surface area (Å²) in [7, 11) is 0. The highest BCUT2D eigenvalue weighted by atomic mass is 32.2. The van der Waals surface area contributed by atoms with Gasteiger partial charge in [-0.2, -0.15) is 0 Å². The van der Waals surface area contributed by atoms with Gasteiger partial charge in [0.25, 0.3) is 0 Å². The maximum Gasteiger partial charge on any atom is 0.349 e. The van der Waals surface area contributed by atoms with Crippen molar-refractivity contribution >= 4 is 40.0 Å². The molecule has 1 heterocycles. The molecule has 0 amide bonds. The first kappa shape index (κ1) is 27.6. The van der Waals surface area contributed by atoms with Gasteiger partial charge in [-0.3, -0.25) is 9.59 Å². The van der Waals surface area contributed by atoms with Crippen molar-refractivity contribution < 1.29 is 37.4 Å². The Kier molecular flexibility index (Phi) is 6.59. The second-order valence-electron chi connectivity index (χ2n) is 11.6. The minimum atomic E-state index is -2.33. The smallest absolute Gasteiger partial charge is 0.349 e. The zero-order valence-electron chi connectivity index (χ0n) is 21.6. The number of fused-ring (bicyclic) bond motifs is 5. The number of aliphatic hydroxyl groups excluding tert-OH is 1. The van der Waals surface area contributed by atoms with Gasteiger partial charge in [-0.15, -0.1) is 11.3 Å². The number of esters is 1. The lowest BCUT2D eigenvalue weighted by Crippen LogP contribution is -2.70. The molecule has 38 heavy (non-hydrogen) atoms. The lowest BCUT2D eigenvalue weighted by atomic mass is 9.44. The molecule has 1 aromatic rings. The van der Waals surface area contributed by atoms with Crippen molar-refractivity contribution in [1.82, 2.24) is 0 Å². The first-order valence-corrected chi connectivity index (χ1v) is 14.6. The normalized spacial score (nSPS) is 43.6. The van der Waals surface area contributed by atoms with Gasteiger partial charge in [0, 0.05) is 22.7 Å². The van der Waals surface area contributed by atoms with E-state index in [1.165, 1.54) is 19.1 Å². The van der Waals surface area contributed by atoms with Gasteiger partial charge in [-0.05, 0) is 85.5 Å². The number of aryl methyl sites for hydroxylation is 1. The fraction of sp³-hybridized carbons (Fsp3) is 0.607. The van der Waals surface area contributed by atoms with Gasteiger partial charge in [0.15, 0.2) is 17.1 Å². The summed E-state index contributed by atoms with van der Waals surface area (Å²) >= 11 is 1.55. The van der Waals surface area contributed by atoms with Crippen LogP contribution in [-0.4, -0.2) is 51.5 Å². The topological polar surface area (TPSA) is 80.7 Å². The van der Waals surface area contributed by atoms with E-state index >= 15 is 8.78 Å². The number of ether oxygens (including phenoxy) is 1. The monoisotopic (exact) mass is 568 g/mol. The first-order chi connectivity index (χ1) is 17.8. The number of alkyl halides is 3. The number of carbonyl (C=O) groups is 3. The Balaban J connectivity index is 1.64. The molecule has 5 unspecified atom stereocenters. The van der Waals surface area contributed by atoms with E-state index in [9.17, 15) is 23.9 Å². The molecule has 206 valence electrons. The van der Waals surface area contributed by atoms with Crippen molar-refractivity contribution in [2.24, 2.45) is 28.6 Å². The van der Waals surface area contributed by atoms with Crippen LogP contribution in [0, 0.1) is 35.5 Å². The number of aliphatic hydroxyl groups is 1. The zero-order valence-corrected chi connectivity index (χ0v) is 23.3. The fourth-order valence-electron chi connectivity index (χ4n) is 8.15. The van der Waals surface area contributed by atoms with Gasteiger partial charge >= 0.3 is 5.97 Å². The summed E-state index contributed by atoms with van der Waals surface area (Å²) in [6.07, 6.45) is 0.0560. The first-order valence-electron chi connectivity index (χ1n) is 12.7. The maximum absolute atomic E-state index is 17.4. The number of hydrogen-bond acceptors (Lipinski definition) is 7. The van der Waals surface area contributed by atoms with Crippen molar-refractivity contribution in [3.8, 4) is 0 Å². The number of thiophene rings is 1. The molecule has 9 atom stereocenters. The van der Waals surface area contributed by atoms with E-state index in [2.05, 4.69) is 0 Å². The fourth-order valence-corrected chi connectivity index (χ4v) is 9.74. The van der Waals surface area contributed by atoms with E-state index in [1.807, 2.05) is 0 Å². The summed E-state index contributed by atoms with van der Waals surface area (Å²) in [5.74, 6) is -3.51. The van der Waals surface area contributed by atoms with Crippen LogP contribution in [0.25, 0.3) is 0 Å². The number of allylic oxidation sites excluding steroid dienone is 4. The Morgan fingerprint density at radius 1 is 1.26 bits per heavy atom. The Labute approximate surface area is 227 Å². The van der Waals surface area contributed by atoms with Gasteiger partial charge in [-0.25, -0.2) is 18.0 Å². The summed E-state index contributed by atoms with van der Waals surface area (Å²) in [5.41, 5.74) is -6.38. The Hall–Kier alpha value is -1.91. The lowest BCUT2D eigenvalue weighted by Gasteiger charge is -2.63. The number of hydrogen-bond donors (Lipinski definition) is 1. The largest absolute Gasteiger partial charge is 0.445 e. The van der Waals surface area contributed by atoms with Crippen molar-refractivity contribution in [3.63, 3.8) is 0 Å². The van der Waals surface area contributed by atoms with Crippen LogP contribution in [0.1, 0.15) is 55.3 Å².